The monoisotopic (exact) mass is 152 g/mol. The summed E-state index contributed by atoms with van der Waals surface area (Å²) in [5.41, 5.74) is 2.53. The minimum Gasteiger partial charge on any atom is -0.295 e. The van der Waals surface area contributed by atoms with E-state index in [4.69, 9.17) is 0 Å². The van der Waals surface area contributed by atoms with E-state index in [1.54, 1.807) is 0 Å². The SMILES string of the molecule is CCC1=C(CC)C(=O)CCC1. The van der Waals surface area contributed by atoms with Crippen molar-refractivity contribution in [2.75, 3.05) is 0 Å². The molecule has 0 saturated heterocycles. The second-order valence-corrected chi connectivity index (χ2v) is 3.07. The molecule has 0 aliphatic heterocycles. The second-order valence-electron chi connectivity index (χ2n) is 3.07. The number of carbonyl (C=O) groups is 1. The number of carbonyl (C=O) groups excluding carboxylic acids is 1. The highest BCUT2D eigenvalue weighted by molar-refractivity contribution is 5.96. The third kappa shape index (κ3) is 1.70. The van der Waals surface area contributed by atoms with Crippen LogP contribution < -0.4 is 0 Å². The Morgan fingerprint density at radius 3 is 2.36 bits per heavy atom. The van der Waals surface area contributed by atoms with Crippen LogP contribution in [0.4, 0.5) is 0 Å². The molecule has 0 N–H and O–H groups in total. The Bertz CT molecular complexity index is 189. The van der Waals surface area contributed by atoms with Crippen molar-refractivity contribution in [1.82, 2.24) is 0 Å². The molecule has 0 spiro atoms. The van der Waals surface area contributed by atoms with Gasteiger partial charge in [-0.2, -0.15) is 0 Å². The van der Waals surface area contributed by atoms with Crippen molar-refractivity contribution in [2.24, 2.45) is 0 Å². The Hall–Kier alpha value is -0.590. The van der Waals surface area contributed by atoms with E-state index in [1.807, 2.05) is 0 Å². The van der Waals surface area contributed by atoms with Crippen LogP contribution in [0.5, 0.6) is 0 Å². The predicted octanol–water partition coefficient (Wildman–Crippen LogP) is 2.86. The standard InChI is InChI=1S/C10H16O/c1-3-8-6-5-7-10(11)9(8)4-2/h3-7H2,1-2H3. The van der Waals surface area contributed by atoms with E-state index in [0.29, 0.717) is 5.78 Å². The van der Waals surface area contributed by atoms with Gasteiger partial charge < -0.3 is 0 Å². The highest BCUT2D eigenvalue weighted by atomic mass is 16.1. The first-order valence-electron chi connectivity index (χ1n) is 4.53. The van der Waals surface area contributed by atoms with E-state index in [2.05, 4.69) is 13.8 Å². The Morgan fingerprint density at radius 2 is 1.91 bits per heavy atom. The highest BCUT2D eigenvalue weighted by Crippen LogP contribution is 2.25. The zero-order valence-corrected chi connectivity index (χ0v) is 7.44. The van der Waals surface area contributed by atoms with Crippen LogP contribution in [-0.4, -0.2) is 5.78 Å². The van der Waals surface area contributed by atoms with Gasteiger partial charge in [-0.15, -0.1) is 0 Å². The van der Waals surface area contributed by atoms with Crippen molar-refractivity contribution in [2.45, 2.75) is 46.0 Å². The number of hydrogen-bond acceptors (Lipinski definition) is 1. The number of Topliss-reactive ketones (excluding diaryl/α,β-unsaturated/α-hetero) is 1. The normalized spacial score (nSPS) is 19.3. The van der Waals surface area contributed by atoms with Crippen LogP contribution in [0.3, 0.4) is 0 Å². The summed E-state index contributed by atoms with van der Waals surface area (Å²) >= 11 is 0. The Labute approximate surface area is 68.5 Å². The van der Waals surface area contributed by atoms with Crippen molar-refractivity contribution in [3.05, 3.63) is 11.1 Å². The Balaban J connectivity index is 2.86. The second kappa shape index (κ2) is 3.70. The van der Waals surface area contributed by atoms with Gasteiger partial charge >= 0.3 is 0 Å². The minimum atomic E-state index is 0.399. The molecule has 0 radical (unpaired) electrons. The van der Waals surface area contributed by atoms with E-state index in [0.717, 1.165) is 37.7 Å². The molecule has 0 heterocycles. The maximum absolute atomic E-state index is 11.3. The van der Waals surface area contributed by atoms with Crippen LogP contribution in [0.2, 0.25) is 0 Å². The van der Waals surface area contributed by atoms with Crippen LogP contribution in [-0.2, 0) is 4.79 Å². The molecule has 0 aromatic rings. The van der Waals surface area contributed by atoms with Gasteiger partial charge in [0.1, 0.15) is 0 Å². The van der Waals surface area contributed by atoms with Crippen LogP contribution in [0.15, 0.2) is 11.1 Å². The van der Waals surface area contributed by atoms with Gasteiger partial charge in [-0.3, -0.25) is 4.79 Å². The van der Waals surface area contributed by atoms with Gasteiger partial charge in [0.15, 0.2) is 5.78 Å². The van der Waals surface area contributed by atoms with Gasteiger partial charge in [-0.1, -0.05) is 19.4 Å². The third-order valence-corrected chi connectivity index (χ3v) is 2.43. The zero-order valence-electron chi connectivity index (χ0n) is 7.44. The van der Waals surface area contributed by atoms with E-state index < -0.39 is 0 Å². The van der Waals surface area contributed by atoms with Gasteiger partial charge in [-0.25, -0.2) is 0 Å². The topological polar surface area (TPSA) is 17.1 Å². The smallest absolute Gasteiger partial charge is 0.158 e. The molecular formula is C10H16O. The van der Waals surface area contributed by atoms with Crippen LogP contribution in [0.1, 0.15) is 46.0 Å². The fourth-order valence-corrected chi connectivity index (χ4v) is 1.80. The molecule has 0 atom stereocenters. The molecule has 1 aliphatic rings. The van der Waals surface area contributed by atoms with Crippen molar-refractivity contribution in [3.63, 3.8) is 0 Å². The van der Waals surface area contributed by atoms with Crippen LogP contribution in [0.25, 0.3) is 0 Å². The molecule has 0 amide bonds. The van der Waals surface area contributed by atoms with E-state index in [-0.39, 0.29) is 0 Å². The van der Waals surface area contributed by atoms with Crippen molar-refractivity contribution < 1.29 is 4.79 Å². The lowest BCUT2D eigenvalue weighted by Crippen LogP contribution is -2.10. The van der Waals surface area contributed by atoms with Gasteiger partial charge in [0, 0.05) is 6.42 Å². The maximum Gasteiger partial charge on any atom is 0.158 e. The summed E-state index contributed by atoms with van der Waals surface area (Å²) in [7, 11) is 0. The maximum atomic E-state index is 11.3. The summed E-state index contributed by atoms with van der Waals surface area (Å²) in [6.07, 6.45) is 5.01. The molecular weight excluding hydrogens is 136 g/mol. The summed E-state index contributed by atoms with van der Waals surface area (Å²) in [6.45, 7) is 4.22. The first-order valence-corrected chi connectivity index (χ1v) is 4.53. The average Bonchev–Trinajstić information content (AvgIpc) is 2.04. The number of ketones is 1. The fourth-order valence-electron chi connectivity index (χ4n) is 1.80. The molecule has 0 saturated carbocycles. The lowest BCUT2D eigenvalue weighted by molar-refractivity contribution is -0.116. The molecule has 0 aromatic carbocycles. The molecule has 11 heavy (non-hydrogen) atoms. The molecule has 0 fully saturated rings. The molecule has 0 aromatic heterocycles. The van der Waals surface area contributed by atoms with E-state index in [1.165, 1.54) is 5.57 Å². The van der Waals surface area contributed by atoms with E-state index >= 15 is 0 Å². The third-order valence-electron chi connectivity index (χ3n) is 2.43. The zero-order chi connectivity index (χ0) is 8.27. The molecule has 1 heteroatoms. The number of allylic oxidation sites excluding steroid dienone is 2. The van der Waals surface area contributed by atoms with E-state index in [9.17, 15) is 4.79 Å². The Kier molecular flexibility index (Phi) is 2.86. The summed E-state index contributed by atoms with van der Waals surface area (Å²) < 4.78 is 0. The quantitative estimate of drug-likeness (QED) is 0.594. The van der Waals surface area contributed by atoms with Gasteiger partial charge in [0.05, 0.1) is 0 Å². The molecule has 62 valence electrons. The first-order chi connectivity index (χ1) is 5.29. The van der Waals surface area contributed by atoms with Crippen molar-refractivity contribution in [1.29, 1.82) is 0 Å². The molecule has 1 nitrogen and oxygen atoms in total. The van der Waals surface area contributed by atoms with Crippen LogP contribution in [0, 0.1) is 0 Å². The largest absolute Gasteiger partial charge is 0.295 e. The van der Waals surface area contributed by atoms with Gasteiger partial charge in [-0.05, 0) is 31.3 Å². The fraction of sp³-hybridized carbons (Fsp3) is 0.700. The lowest BCUT2D eigenvalue weighted by atomic mass is 9.88. The number of hydrogen-bond donors (Lipinski definition) is 0. The molecule has 1 rings (SSSR count). The average molecular weight is 152 g/mol. The summed E-state index contributed by atoms with van der Waals surface area (Å²) in [6, 6.07) is 0. The molecule has 0 bridgehead atoms. The molecule has 0 unspecified atom stereocenters. The summed E-state index contributed by atoms with van der Waals surface area (Å²) in [5, 5.41) is 0. The summed E-state index contributed by atoms with van der Waals surface area (Å²) in [5.74, 6) is 0.399. The van der Waals surface area contributed by atoms with Crippen LogP contribution >= 0.6 is 0 Å². The highest BCUT2D eigenvalue weighted by Gasteiger charge is 2.16. The first kappa shape index (κ1) is 8.51. The van der Waals surface area contributed by atoms with Crippen molar-refractivity contribution >= 4 is 5.78 Å². The van der Waals surface area contributed by atoms with Crippen molar-refractivity contribution in [3.8, 4) is 0 Å². The minimum absolute atomic E-state index is 0.399. The Morgan fingerprint density at radius 1 is 1.18 bits per heavy atom. The molecule has 1 aliphatic carbocycles. The van der Waals surface area contributed by atoms with Gasteiger partial charge in [0.25, 0.3) is 0 Å². The summed E-state index contributed by atoms with van der Waals surface area (Å²) in [4.78, 5) is 11.3. The predicted molar refractivity (Wildman–Crippen MR) is 46.5 cm³/mol. The lowest BCUT2D eigenvalue weighted by Gasteiger charge is -2.16. The van der Waals surface area contributed by atoms with Gasteiger partial charge in [0.2, 0.25) is 0 Å². The number of rotatable bonds is 2.